The van der Waals surface area contributed by atoms with E-state index in [0.717, 1.165) is 49.9 Å². The zero-order valence-corrected chi connectivity index (χ0v) is 14.4. The summed E-state index contributed by atoms with van der Waals surface area (Å²) >= 11 is 0. The van der Waals surface area contributed by atoms with E-state index in [1.165, 1.54) is 6.07 Å². The van der Waals surface area contributed by atoms with Crippen LogP contribution in [0.15, 0.2) is 41.5 Å². The van der Waals surface area contributed by atoms with Gasteiger partial charge in [-0.15, -0.1) is 10.2 Å². The van der Waals surface area contributed by atoms with Gasteiger partial charge in [0.1, 0.15) is 11.6 Å². The molecule has 0 radical (unpaired) electrons. The summed E-state index contributed by atoms with van der Waals surface area (Å²) in [4.78, 5) is 14.4. The molecule has 5 nitrogen and oxygen atoms in total. The molecule has 6 heteroatoms. The van der Waals surface area contributed by atoms with Crippen molar-refractivity contribution in [2.45, 2.75) is 51.4 Å². The van der Waals surface area contributed by atoms with E-state index < -0.39 is 0 Å². The molecular formula is C19H23FN4O. The number of rotatable bonds is 8. The van der Waals surface area contributed by atoms with Crippen molar-refractivity contribution in [3.8, 4) is 0 Å². The lowest BCUT2D eigenvalue weighted by atomic mass is 9.96. The van der Waals surface area contributed by atoms with Crippen LogP contribution in [-0.4, -0.2) is 19.6 Å². The second kappa shape index (κ2) is 8.05. The standard InChI is InChI=1S/C19H23FN4O/c1-2-15(17-22-23-18-19(25)21-11-12-24(17)18)9-5-3-4-7-14-8-6-10-16(20)13-14/h6,8,10-13,15H,2-5,7,9H2,1H3,(H,21,25). The van der Waals surface area contributed by atoms with Crippen molar-refractivity contribution in [2.24, 2.45) is 0 Å². The van der Waals surface area contributed by atoms with Gasteiger partial charge in [-0.05, 0) is 43.4 Å². The molecule has 0 saturated carbocycles. The van der Waals surface area contributed by atoms with Crippen molar-refractivity contribution in [2.75, 3.05) is 0 Å². The fourth-order valence-electron chi connectivity index (χ4n) is 3.24. The fourth-order valence-corrected chi connectivity index (χ4v) is 3.24. The molecule has 1 aromatic carbocycles. The number of aromatic nitrogens is 4. The normalized spacial score (nSPS) is 12.6. The Kier molecular flexibility index (Phi) is 5.58. The smallest absolute Gasteiger partial charge is 0.293 e. The summed E-state index contributed by atoms with van der Waals surface area (Å²) in [7, 11) is 0. The maximum absolute atomic E-state index is 13.2. The molecular weight excluding hydrogens is 319 g/mol. The summed E-state index contributed by atoms with van der Waals surface area (Å²) in [5.41, 5.74) is 1.18. The van der Waals surface area contributed by atoms with Gasteiger partial charge in [-0.3, -0.25) is 9.20 Å². The van der Waals surface area contributed by atoms with Gasteiger partial charge in [0.25, 0.3) is 5.56 Å². The fraction of sp³-hybridized carbons (Fsp3) is 0.421. The number of fused-ring (bicyclic) bond motifs is 1. The molecule has 0 spiro atoms. The first-order chi connectivity index (χ1) is 12.2. The Bertz CT molecular complexity index is 886. The molecule has 1 unspecified atom stereocenters. The van der Waals surface area contributed by atoms with Gasteiger partial charge in [0.2, 0.25) is 5.65 Å². The molecule has 2 aromatic heterocycles. The van der Waals surface area contributed by atoms with Crippen LogP contribution in [0.3, 0.4) is 0 Å². The third kappa shape index (κ3) is 4.13. The minimum absolute atomic E-state index is 0.169. The molecule has 0 aliphatic rings. The number of benzene rings is 1. The van der Waals surface area contributed by atoms with E-state index in [9.17, 15) is 9.18 Å². The van der Waals surface area contributed by atoms with E-state index in [1.807, 2.05) is 6.07 Å². The van der Waals surface area contributed by atoms with Crippen LogP contribution in [0.1, 0.15) is 56.3 Å². The molecule has 1 atom stereocenters. The maximum atomic E-state index is 13.2. The molecule has 0 fully saturated rings. The molecule has 2 heterocycles. The highest BCUT2D eigenvalue weighted by molar-refractivity contribution is 5.34. The van der Waals surface area contributed by atoms with Gasteiger partial charge in [-0.1, -0.05) is 31.9 Å². The van der Waals surface area contributed by atoms with E-state index in [4.69, 9.17) is 0 Å². The first-order valence-corrected chi connectivity index (χ1v) is 8.85. The van der Waals surface area contributed by atoms with Gasteiger partial charge in [-0.2, -0.15) is 0 Å². The van der Waals surface area contributed by atoms with Crippen molar-refractivity contribution in [1.82, 2.24) is 19.6 Å². The van der Waals surface area contributed by atoms with E-state index in [-0.39, 0.29) is 17.3 Å². The summed E-state index contributed by atoms with van der Waals surface area (Å²) < 4.78 is 15.0. The zero-order valence-electron chi connectivity index (χ0n) is 14.4. The number of nitrogens with zero attached hydrogens (tertiary/aromatic N) is 3. The van der Waals surface area contributed by atoms with E-state index in [0.29, 0.717) is 5.65 Å². The van der Waals surface area contributed by atoms with E-state index in [1.54, 1.807) is 28.9 Å². The highest BCUT2D eigenvalue weighted by Gasteiger charge is 2.17. The van der Waals surface area contributed by atoms with Gasteiger partial charge in [-0.25, -0.2) is 4.39 Å². The lowest BCUT2D eigenvalue weighted by molar-refractivity contribution is 0.520. The van der Waals surface area contributed by atoms with Crippen molar-refractivity contribution in [1.29, 1.82) is 0 Å². The lowest BCUT2D eigenvalue weighted by Crippen LogP contribution is -2.11. The quantitative estimate of drug-likeness (QED) is 0.632. The molecule has 0 aliphatic heterocycles. The van der Waals surface area contributed by atoms with Crippen LogP contribution in [0, 0.1) is 5.82 Å². The predicted molar refractivity (Wildman–Crippen MR) is 95.2 cm³/mol. The van der Waals surface area contributed by atoms with Crippen LogP contribution in [0.4, 0.5) is 4.39 Å². The molecule has 3 aromatic rings. The summed E-state index contributed by atoms with van der Waals surface area (Å²) in [6.07, 6.45) is 9.49. The van der Waals surface area contributed by atoms with Crippen LogP contribution >= 0.6 is 0 Å². The number of hydrogen-bond acceptors (Lipinski definition) is 3. The molecule has 132 valence electrons. The first kappa shape index (κ1) is 17.3. The SMILES string of the molecule is CCC(CCCCCc1cccc(F)c1)c1nnc2c(=O)[nH]ccn12. The van der Waals surface area contributed by atoms with Gasteiger partial charge >= 0.3 is 0 Å². The van der Waals surface area contributed by atoms with Gasteiger partial charge in [0.15, 0.2) is 0 Å². The Balaban J connectivity index is 1.54. The van der Waals surface area contributed by atoms with Crippen molar-refractivity contribution in [3.63, 3.8) is 0 Å². The monoisotopic (exact) mass is 342 g/mol. The average molecular weight is 342 g/mol. The lowest BCUT2D eigenvalue weighted by Gasteiger charge is -2.12. The molecule has 3 rings (SSSR count). The summed E-state index contributed by atoms with van der Waals surface area (Å²) in [5.74, 6) is 0.969. The first-order valence-electron chi connectivity index (χ1n) is 8.85. The van der Waals surface area contributed by atoms with Crippen LogP contribution in [-0.2, 0) is 6.42 Å². The van der Waals surface area contributed by atoms with Crippen LogP contribution < -0.4 is 5.56 Å². The molecule has 1 N–H and O–H groups in total. The van der Waals surface area contributed by atoms with Crippen molar-refractivity contribution < 1.29 is 4.39 Å². The number of aryl methyl sites for hydroxylation is 1. The van der Waals surface area contributed by atoms with E-state index >= 15 is 0 Å². The Morgan fingerprint density at radius 3 is 2.92 bits per heavy atom. The molecule has 25 heavy (non-hydrogen) atoms. The highest BCUT2D eigenvalue weighted by atomic mass is 19.1. The van der Waals surface area contributed by atoms with Gasteiger partial charge in [0.05, 0.1) is 0 Å². The number of aromatic amines is 1. The summed E-state index contributed by atoms with van der Waals surface area (Å²) in [6, 6.07) is 6.81. The van der Waals surface area contributed by atoms with Crippen LogP contribution in [0.5, 0.6) is 0 Å². The number of unbranched alkanes of at least 4 members (excludes halogenated alkanes) is 2. The topological polar surface area (TPSA) is 63.0 Å². The Morgan fingerprint density at radius 2 is 2.12 bits per heavy atom. The molecule has 0 saturated heterocycles. The number of hydrogen-bond donors (Lipinski definition) is 1. The maximum Gasteiger partial charge on any atom is 0.293 e. The minimum Gasteiger partial charge on any atom is -0.324 e. The zero-order chi connectivity index (χ0) is 17.6. The van der Waals surface area contributed by atoms with Gasteiger partial charge < -0.3 is 4.98 Å². The molecule has 0 amide bonds. The van der Waals surface area contributed by atoms with Crippen molar-refractivity contribution >= 4 is 5.65 Å². The summed E-state index contributed by atoms with van der Waals surface area (Å²) in [5, 5.41) is 8.25. The average Bonchev–Trinajstić information content (AvgIpc) is 3.04. The number of nitrogens with one attached hydrogen (secondary N) is 1. The molecule has 0 bridgehead atoms. The largest absolute Gasteiger partial charge is 0.324 e. The Labute approximate surface area is 145 Å². The third-order valence-corrected chi connectivity index (χ3v) is 4.63. The number of H-pyrrole nitrogens is 1. The second-order valence-corrected chi connectivity index (χ2v) is 6.38. The van der Waals surface area contributed by atoms with E-state index in [2.05, 4.69) is 22.1 Å². The van der Waals surface area contributed by atoms with Crippen LogP contribution in [0.2, 0.25) is 0 Å². The van der Waals surface area contributed by atoms with Crippen LogP contribution in [0.25, 0.3) is 5.65 Å². The minimum atomic E-state index is -0.216. The molecule has 0 aliphatic carbocycles. The van der Waals surface area contributed by atoms with Gasteiger partial charge in [0, 0.05) is 18.3 Å². The number of halogens is 1. The summed E-state index contributed by atoms with van der Waals surface area (Å²) in [6.45, 7) is 2.13. The predicted octanol–water partition coefficient (Wildman–Crippen LogP) is 3.85. The second-order valence-electron chi connectivity index (χ2n) is 6.38. The highest BCUT2D eigenvalue weighted by Crippen LogP contribution is 2.24. The Morgan fingerprint density at radius 1 is 1.24 bits per heavy atom. The Hall–Kier alpha value is -2.50. The van der Waals surface area contributed by atoms with Crippen molar-refractivity contribution in [3.05, 3.63) is 64.2 Å². The third-order valence-electron chi connectivity index (χ3n) is 4.63.